The quantitative estimate of drug-likeness (QED) is 0.768. The summed E-state index contributed by atoms with van der Waals surface area (Å²) in [7, 11) is 0. The summed E-state index contributed by atoms with van der Waals surface area (Å²) in [6.07, 6.45) is 2.27. The van der Waals surface area contributed by atoms with Gasteiger partial charge in [0.2, 0.25) is 0 Å². The SMILES string of the molecule is CC(C)C(CNC(=O)OC(C)(C)C)CNC1CC1. The van der Waals surface area contributed by atoms with Crippen molar-refractivity contribution in [2.45, 2.75) is 59.1 Å². The van der Waals surface area contributed by atoms with Crippen molar-refractivity contribution in [1.29, 1.82) is 0 Å². The molecule has 1 saturated carbocycles. The Morgan fingerprint density at radius 3 is 2.33 bits per heavy atom. The molecule has 1 unspecified atom stereocenters. The molecule has 1 amide bonds. The molecular weight excluding hydrogens is 228 g/mol. The first-order chi connectivity index (χ1) is 8.28. The number of hydrogen-bond acceptors (Lipinski definition) is 3. The Bertz CT molecular complexity index is 267. The Morgan fingerprint density at radius 1 is 1.28 bits per heavy atom. The number of carbonyl (C=O) groups excluding carboxylic acids is 1. The van der Waals surface area contributed by atoms with E-state index in [1.54, 1.807) is 0 Å². The summed E-state index contributed by atoms with van der Waals surface area (Å²) >= 11 is 0. The average molecular weight is 256 g/mol. The van der Waals surface area contributed by atoms with Crippen molar-refractivity contribution < 1.29 is 9.53 Å². The Morgan fingerprint density at radius 2 is 1.89 bits per heavy atom. The zero-order valence-electron chi connectivity index (χ0n) is 12.4. The molecule has 0 aliphatic heterocycles. The highest BCUT2D eigenvalue weighted by atomic mass is 16.6. The highest BCUT2D eigenvalue weighted by Gasteiger charge is 2.24. The molecule has 4 nitrogen and oxygen atoms in total. The molecule has 1 aliphatic carbocycles. The van der Waals surface area contributed by atoms with Gasteiger partial charge in [-0.05, 0) is 45.4 Å². The minimum absolute atomic E-state index is 0.320. The van der Waals surface area contributed by atoms with Crippen LogP contribution >= 0.6 is 0 Å². The molecule has 0 aromatic rings. The van der Waals surface area contributed by atoms with Crippen LogP contribution in [-0.2, 0) is 4.74 Å². The van der Waals surface area contributed by atoms with Crippen LogP contribution in [0.15, 0.2) is 0 Å². The molecule has 1 rings (SSSR count). The highest BCUT2D eigenvalue weighted by Crippen LogP contribution is 2.20. The maximum atomic E-state index is 11.6. The minimum atomic E-state index is -0.427. The van der Waals surface area contributed by atoms with E-state index < -0.39 is 5.60 Å². The second-order valence-corrected chi connectivity index (χ2v) is 6.57. The topological polar surface area (TPSA) is 50.4 Å². The van der Waals surface area contributed by atoms with E-state index >= 15 is 0 Å². The van der Waals surface area contributed by atoms with Crippen LogP contribution in [0.1, 0.15) is 47.5 Å². The van der Waals surface area contributed by atoms with Crippen LogP contribution in [0, 0.1) is 11.8 Å². The van der Waals surface area contributed by atoms with Gasteiger partial charge in [0.15, 0.2) is 0 Å². The molecule has 0 radical (unpaired) electrons. The van der Waals surface area contributed by atoms with E-state index in [-0.39, 0.29) is 6.09 Å². The molecule has 0 saturated heterocycles. The van der Waals surface area contributed by atoms with Crippen LogP contribution in [0.4, 0.5) is 4.79 Å². The molecule has 18 heavy (non-hydrogen) atoms. The van der Waals surface area contributed by atoms with Gasteiger partial charge in [0, 0.05) is 19.1 Å². The molecule has 0 heterocycles. The van der Waals surface area contributed by atoms with Gasteiger partial charge in [-0.2, -0.15) is 0 Å². The Hall–Kier alpha value is -0.770. The summed E-state index contributed by atoms with van der Waals surface area (Å²) in [6.45, 7) is 11.7. The van der Waals surface area contributed by atoms with Crippen LogP contribution in [0.25, 0.3) is 0 Å². The van der Waals surface area contributed by atoms with E-state index in [1.807, 2.05) is 20.8 Å². The maximum Gasteiger partial charge on any atom is 0.407 e. The first kappa shape index (κ1) is 15.3. The van der Waals surface area contributed by atoms with Gasteiger partial charge < -0.3 is 15.4 Å². The molecule has 1 fully saturated rings. The molecule has 0 bridgehead atoms. The van der Waals surface area contributed by atoms with Gasteiger partial charge >= 0.3 is 6.09 Å². The summed E-state index contributed by atoms with van der Waals surface area (Å²) in [4.78, 5) is 11.6. The minimum Gasteiger partial charge on any atom is -0.444 e. The van der Waals surface area contributed by atoms with Gasteiger partial charge in [0.25, 0.3) is 0 Å². The molecule has 0 aromatic carbocycles. The third-order valence-corrected chi connectivity index (χ3v) is 3.10. The van der Waals surface area contributed by atoms with Gasteiger partial charge in [-0.1, -0.05) is 13.8 Å². The smallest absolute Gasteiger partial charge is 0.407 e. The third kappa shape index (κ3) is 6.84. The zero-order valence-corrected chi connectivity index (χ0v) is 12.4. The summed E-state index contributed by atoms with van der Waals surface area (Å²) in [5.41, 5.74) is -0.427. The van der Waals surface area contributed by atoms with E-state index in [4.69, 9.17) is 4.74 Å². The normalized spacial score (nSPS) is 17.7. The van der Waals surface area contributed by atoms with Gasteiger partial charge in [0.05, 0.1) is 0 Å². The summed E-state index contributed by atoms with van der Waals surface area (Å²) in [5.74, 6) is 1.00. The predicted molar refractivity (Wildman–Crippen MR) is 73.6 cm³/mol. The van der Waals surface area contributed by atoms with E-state index in [9.17, 15) is 4.79 Å². The lowest BCUT2D eigenvalue weighted by Crippen LogP contribution is -2.40. The molecular formula is C14H28N2O2. The third-order valence-electron chi connectivity index (χ3n) is 3.10. The van der Waals surface area contributed by atoms with Gasteiger partial charge in [-0.15, -0.1) is 0 Å². The van der Waals surface area contributed by atoms with Crippen molar-refractivity contribution in [3.8, 4) is 0 Å². The number of carbonyl (C=O) groups is 1. The Labute approximate surface area is 111 Å². The number of ether oxygens (including phenoxy) is 1. The van der Waals surface area contributed by atoms with E-state index in [0.29, 0.717) is 24.4 Å². The number of nitrogens with one attached hydrogen (secondary N) is 2. The van der Waals surface area contributed by atoms with Crippen molar-refractivity contribution in [2.24, 2.45) is 11.8 Å². The number of alkyl carbamates (subject to hydrolysis) is 1. The molecule has 0 aromatic heterocycles. The summed E-state index contributed by atoms with van der Waals surface area (Å²) in [5, 5.41) is 6.38. The Kier molecular flexibility index (Phi) is 5.45. The number of rotatable bonds is 6. The van der Waals surface area contributed by atoms with Crippen LogP contribution in [0.3, 0.4) is 0 Å². The zero-order chi connectivity index (χ0) is 13.8. The van der Waals surface area contributed by atoms with Crippen LogP contribution < -0.4 is 10.6 Å². The van der Waals surface area contributed by atoms with Crippen molar-refractivity contribution in [2.75, 3.05) is 13.1 Å². The Balaban J connectivity index is 2.25. The predicted octanol–water partition coefficient (Wildman–Crippen LogP) is 2.54. The van der Waals surface area contributed by atoms with Crippen LogP contribution in [0.2, 0.25) is 0 Å². The van der Waals surface area contributed by atoms with Crippen molar-refractivity contribution in [3.63, 3.8) is 0 Å². The molecule has 1 aliphatic rings. The van der Waals surface area contributed by atoms with Gasteiger partial charge in [-0.25, -0.2) is 4.79 Å². The van der Waals surface area contributed by atoms with E-state index in [0.717, 1.165) is 6.54 Å². The monoisotopic (exact) mass is 256 g/mol. The summed E-state index contributed by atoms with van der Waals surface area (Å²) in [6, 6.07) is 0.716. The van der Waals surface area contributed by atoms with Crippen LogP contribution in [0.5, 0.6) is 0 Å². The molecule has 0 spiro atoms. The van der Waals surface area contributed by atoms with E-state index in [1.165, 1.54) is 12.8 Å². The lowest BCUT2D eigenvalue weighted by Gasteiger charge is -2.24. The number of amides is 1. The fraction of sp³-hybridized carbons (Fsp3) is 0.929. The van der Waals surface area contributed by atoms with Crippen molar-refractivity contribution in [3.05, 3.63) is 0 Å². The molecule has 1 atom stereocenters. The van der Waals surface area contributed by atoms with Gasteiger partial charge in [0.1, 0.15) is 5.60 Å². The first-order valence-electron chi connectivity index (χ1n) is 6.98. The molecule has 106 valence electrons. The lowest BCUT2D eigenvalue weighted by molar-refractivity contribution is 0.0515. The standard InChI is InChI=1S/C14H28N2O2/c1-10(2)11(8-15-12-6-7-12)9-16-13(17)18-14(3,4)5/h10-12,15H,6-9H2,1-5H3,(H,16,17). The van der Waals surface area contributed by atoms with Crippen molar-refractivity contribution >= 4 is 6.09 Å². The summed E-state index contributed by atoms with van der Waals surface area (Å²) < 4.78 is 5.24. The van der Waals surface area contributed by atoms with Crippen LogP contribution in [-0.4, -0.2) is 30.8 Å². The van der Waals surface area contributed by atoms with Crippen molar-refractivity contribution in [1.82, 2.24) is 10.6 Å². The van der Waals surface area contributed by atoms with Gasteiger partial charge in [-0.3, -0.25) is 0 Å². The highest BCUT2D eigenvalue weighted by molar-refractivity contribution is 5.67. The second kappa shape index (κ2) is 6.41. The lowest BCUT2D eigenvalue weighted by atomic mass is 9.96. The second-order valence-electron chi connectivity index (χ2n) is 6.57. The largest absolute Gasteiger partial charge is 0.444 e. The number of hydrogen-bond donors (Lipinski definition) is 2. The average Bonchev–Trinajstić information content (AvgIpc) is 2.97. The fourth-order valence-electron chi connectivity index (χ4n) is 1.68. The van der Waals surface area contributed by atoms with E-state index in [2.05, 4.69) is 24.5 Å². The maximum absolute atomic E-state index is 11.6. The molecule has 2 N–H and O–H groups in total. The first-order valence-corrected chi connectivity index (χ1v) is 6.98. The fourth-order valence-corrected chi connectivity index (χ4v) is 1.68. The molecule has 4 heteroatoms.